The number of fused-ring (bicyclic) bond motifs is 1. The molecule has 1 heterocycles. The van der Waals surface area contributed by atoms with Crippen molar-refractivity contribution in [2.24, 2.45) is 11.3 Å². The van der Waals surface area contributed by atoms with E-state index in [2.05, 4.69) is 41.2 Å². The first kappa shape index (κ1) is 13.7. The van der Waals surface area contributed by atoms with Gasteiger partial charge in [-0.25, -0.2) is 0 Å². The van der Waals surface area contributed by atoms with Crippen molar-refractivity contribution in [1.82, 2.24) is 0 Å². The minimum Gasteiger partial charge on any atom is -0.381 e. The molecular weight excluding hydrogens is 326 g/mol. The molecular formula is C15H19BrClNO. The van der Waals surface area contributed by atoms with Gasteiger partial charge in [0.2, 0.25) is 0 Å². The molecule has 1 aliphatic heterocycles. The van der Waals surface area contributed by atoms with Crippen molar-refractivity contribution in [2.45, 2.75) is 38.8 Å². The summed E-state index contributed by atoms with van der Waals surface area (Å²) in [4.78, 5) is 0. The van der Waals surface area contributed by atoms with Gasteiger partial charge in [0.05, 0.1) is 11.1 Å². The summed E-state index contributed by atoms with van der Waals surface area (Å²) < 4.78 is 6.87. The summed E-state index contributed by atoms with van der Waals surface area (Å²) in [6.45, 7) is 5.51. The molecule has 1 aliphatic carbocycles. The molecule has 19 heavy (non-hydrogen) atoms. The molecule has 3 unspecified atom stereocenters. The highest BCUT2D eigenvalue weighted by Crippen LogP contribution is 2.52. The van der Waals surface area contributed by atoms with Crippen LogP contribution in [0.15, 0.2) is 22.7 Å². The van der Waals surface area contributed by atoms with Crippen LogP contribution in [0.3, 0.4) is 0 Å². The van der Waals surface area contributed by atoms with Gasteiger partial charge in [-0.3, -0.25) is 0 Å². The minimum absolute atomic E-state index is 0.192. The quantitative estimate of drug-likeness (QED) is 0.838. The third kappa shape index (κ3) is 2.30. The summed E-state index contributed by atoms with van der Waals surface area (Å²) in [5.41, 5.74) is 1.32. The number of ether oxygens (including phenoxy) is 1. The number of hydrogen-bond donors (Lipinski definition) is 1. The van der Waals surface area contributed by atoms with E-state index in [4.69, 9.17) is 16.3 Å². The van der Waals surface area contributed by atoms with E-state index in [0.717, 1.165) is 21.8 Å². The molecule has 1 saturated heterocycles. The average Bonchev–Trinajstić information content (AvgIpc) is 2.40. The second-order valence-electron chi connectivity index (χ2n) is 6.17. The molecule has 1 N–H and O–H groups in total. The van der Waals surface area contributed by atoms with Crippen LogP contribution in [0.1, 0.15) is 26.7 Å². The van der Waals surface area contributed by atoms with E-state index >= 15 is 0 Å². The Morgan fingerprint density at radius 2 is 2.21 bits per heavy atom. The predicted octanol–water partition coefficient (Wildman–Crippen LogP) is 4.72. The van der Waals surface area contributed by atoms with Crippen molar-refractivity contribution < 1.29 is 4.74 Å². The van der Waals surface area contributed by atoms with Crippen LogP contribution in [0.2, 0.25) is 5.02 Å². The van der Waals surface area contributed by atoms with E-state index in [1.54, 1.807) is 0 Å². The van der Waals surface area contributed by atoms with Crippen LogP contribution in [0.5, 0.6) is 0 Å². The SMILES string of the molecule is CC1(C)C(Nc2ccc(Cl)c(Br)c2)C2CCCOC21. The second-order valence-corrected chi connectivity index (χ2v) is 7.43. The highest BCUT2D eigenvalue weighted by atomic mass is 79.9. The maximum atomic E-state index is 6.04. The molecule has 0 aromatic heterocycles. The lowest BCUT2D eigenvalue weighted by Crippen LogP contribution is -2.67. The smallest absolute Gasteiger partial charge is 0.0693 e. The van der Waals surface area contributed by atoms with E-state index in [1.807, 2.05) is 12.1 Å². The molecule has 0 radical (unpaired) electrons. The molecule has 2 aliphatic rings. The summed E-state index contributed by atoms with van der Waals surface area (Å²) in [5.74, 6) is 0.637. The van der Waals surface area contributed by atoms with Crippen molar-refractivity contribution >= 4 is 33.2 Å². The van der Waals surface area contributed by atoms with Crippen molar-refractivity contribution in [3.63, 3.8) is 0 Å². The molecule has 3 atom stereocenters. The fourth-order valence-electron chi connectivity index (χ4n) is 3.58. The zero-order valence-electron chi connectivity index (χ0n) is 11.2. The monoisotopic (exact) mass is 343 g/mol. The summed E-state index contributed by atoms with van der Waals surface area (Å²) in [6, 6.07) is 6.50. The van der Waals surface area contributed by atoms with E-state index in [1.165, 1.54) is 12.8 Å². The first-order valence-electron chi connectivity index (χ1n) is 6.83. The maximum Gasteiger partial charge on any atom is 0.0693 e. The molecule has 1 saturated carbocycles. The van der Waals surface area contributed by atoms with Crippen LogP contribution < -0.4 is 5.32 Å². The van der Waals surface area contributed by atoms with Gasteiger partial charge in [0.1, 0.15) is 0 Å². The van der Waals surface area contributed by atoms with Gasteiger partial charge in [0.25, 0.3) is 0 Å². The summed E-state index contributed by atoms with van der Waals surface area (Å²) in [7, 11) is 0. The van der Waals surface area contributed by atoms with Crippen molar-refractivity contribution in [3.05, 3.63) is 27.7 Å². The standard InChI is InChI=1S/C15H19BrClNO/c1-15(2)13(10-4-3-7-19-14(10)15)18-9-5-6-12(17)11(16)8-9/h5-6,8,10,13-14,18H,3-4,7H2,1-2H3. The Morgan fingerprint density at radius 1 is 1.42 bits per heavy atom. The van der Waals surface area contributed by atoms with E-state index in [0.29, 0.717) is 18.1 Å². The van der Waals surface area contributed by atoms with E-state index in [-0.39, 0.29) is 5.41 Å². The summed E-state index contributed by atoms with van der Waals surface area (Å²) in [6.07, 6.45) is 2.86. The van der Waals surface area contributed by atoms with E-state index < -0.39 is 0 Å². The molecule has 0 bridgehead atoms. The molecule has 104 valence electrons. The largest absolute Gasteiger partial charge is 0.381 e. The highest BCUT2D eigenvalue weighted by Gasteiger charge is 2.57. The molecule has 3 rings (SSSR count). The first-order valence-corrected chi connectivity index (χ1v) is 8.00. The lowest BCUT2D eigenvalue weighted by Gasteiger charge is -2.60. The normalized spacial score (nSPS) is 32.3. The topological polar surface area (TPSA) is 21.3 Å². The van der Waals surface area contributed by atoms with Crippen LogP contribution in [-0.4, -0.2) is 18.8 Å². The van der Waals surface area contributed by atoms with E-state index in [9.17, 15) is 0 Å². The third-order valence-corrected chi connectivity index (χ3v) is 5.79. The van der Waals surface area contributed by atoms with Crippen molar-refractivity contribution in [1.29, 1.82) is 0 Å². The fourth-order valence-corrected chi connectivity index (χ4v) is 4.08. The van der Waals surface area contributed by atoms with Crippen LogP contribution in [0.25, 0.3) is 0 Å². The summed E-state index contributed by atoms with van der Waals surface area (Å²) in [5, 5.41) is 4.41. The number of halogens is 2. The number of anilines is 1. The van der Waals surface area contributed by atoms with Crippen LogP contribution in [-0.2, 0) is 4.74 Å². The van der Waals surface area contributed by atoms with Gasteiger partial charge in [-0.2, -0.15) is 0 Å². The van der Waals surface area contributed by atoms with Crippen LogP contribution in [0, 0.1) is 11.3 Å². The molecule has 1 aromatic carbocycles. The first-order chi connectivity index (χ1) is 9.00. The van der Waals surface area contributed by atoms with Gasteiger partial charge in [0.15, 0.2) is 0 Å². The lowest BCUT2D eigenvalue weighted by atomic mass is 9.55. The van der Waals surface area contributed by atoms with Gasteiger partial charge in [0, 0.05) is 34.1 Å². The Bertz CT molecular complexity index is 491. The Hall–Kier alpha value is -0.250. The van der Waals surface area contributed by atoms with Gasteiger partial charge in [-0.05, 0) is 47.0 Å². The molecule has 2 fully saturated rings. The van der Waals surface area contributed by atoms with Gasteiger partial charge in [-0.15, -0.1) is 0 Å². The zero-order chi connectivity index (χ0) is 13.6. The highest BCUT2D eigenvalue weighted by molar-refractivity contribution is 9.10. The van der Waals surface area contributed by atoms with Crippen LogP contribution in [0.4, 0.5) is 5.69 Å². The maximum absolute atomic E-state index is 6.04. The Labute approximate surface area is 128 Å². The van der Waals surface area contributed by atoms with Gasteiger partial charge in [-0.1, -0.05) is 25.4 Å². The van der Waals surface area contributed by atoms with Gasteiger partial charge < -0.3 is 10.1 Å². The minimum atomic E-state index is 0.192. The molecule has 0 spiro atoms. The summed E-state index contributed by atoms with van der Waals surface area (Å²) >= 11 is 9.51. The predicted molar refractivity (Wildman–Crippen MR) is 82.8 cm³/mol. The zero-order valence-corrected chi connectivity index (χ0v) is 13.6. The Kier molecular flexibility index (Phi) is 3.57. The van der Waals surface area contributed by atoms with Gasteiger partial charge >= 0.3 is 0 Å². The Balaban J connectivity index is 1.77. The Morgan fingerprint density at radius 3 is 2.95 bits per heavy atom. The number of nitrogens with one attached hydrogen (secondary N) is 1. The molecule has 1 aromatic rings. The molecule has 4 heteroatoms. The number of rotatable bonds is 2. The van der Waals surface area contributed by atoms with Crippen molar-refractivity contribution in [2.75, 3.05) is 11.9 Å². The second kappa shape index (κ2) is 4.94. The molecule has 0 amide bonds. The van der Waals surface area contributed by atoms with Crippen molar-refractivity contribution in [3.8, 4) is 0 Å². The average molecular weight is 345 g/mol. The van der Waals surface area contributed by atoms with Crippen LogP contribution >= 0.6 is 27.5 Å². The number of benzene rings is 1. The lowest BCUT2D eigenvalue weighted by molar-refractivity contribution is -0.177. The fraction of sp³-hybridized carbons (Fsp3) is 0.600. The third-order valence-electron chi connectivity index (χ3n) is 4.57. The molecule has 2 nitrogen and oxygen atoms in total. The number of hydrogen-bond acceptors (Lipinski definition) is 2.